The molecule has 0 radical (unpaired) electrons. The lowest BCUT2D eigenvalue weighted by atomic mass is 9.93. The van der Waals surface area contributed by atoms with Gasteiger partial charge in [-0.2, -0.15) is 0 Å². The van der Waals surface area contributed by atoms with E-state index in [1.807, 2.05) is 18.2 Å². The smallest absolute Gasteiger partial charge is 0.172 e. The van der Waals surface area contributed by atoms with Gasteiger partial charge in [0.1, 0.15) is 5.75 Å². The van der Waals surface area contributed by atoms with Crippen molar-refractivity contribution in [3.05, 3.63) is 30.3 Å². The Morgan fingerprint density at radius 1 is 0.971 bits per heavy atom. The molecule has 3 fully saturated rings. The number of piperazine rings is 1. The number of fused-ring (bicyclic) bond motifs is 3. The molecule has 5 heterocycles. The number of aromatic nitrogens is 2. The quantitative estimate of drug-likeness (QED) is 0.637. The van der Waals surface area contributed by atoms with E-state index in [1.165, 1.54) is 58.4 Å². The second-order valence-electron chi connectivity index (χ2n) is 10.4. The summed E-state index contributed by atoms with van der Waals surface area (Å²) in [4.78, 5) is 7.93. The van der Waals surface area contributed by atoms with Crippen LogP contribution in [-0.4, -0.2) is 96.1 Å². The predicted molar refractivity (Wildman–Crippen MR) is 135 cm³/mol. The van der Waals surface area contributed by atoms with Crippen molar-refractivity contribution >= 4 is 11.5 Å². The third-order valence-electron chi connectivity index (χ3n) is 8.29. The largest absolute Gasteiger partial charge is 0.507 e. The van der Waals surface area contributed by atoms with Gasteiger partial charge in [-0.15, -0.1) is 10.2 Å². The summed E-state index contributed by atoms with van der Waals surface area (Å²) < 4.78 is 0. The highest BCUT2D eigenvalue weighted by molar-refractivity contribution is 5.76. The number of para-hydroxylation sites is 1. The molecule has 2 unspecified atom stereocenters. The molecule has 2 aromatic rings. The molecule has 182 valence electrons. The van der Waals surface area contributed by atoms with Gasteiger partial charge < -0.3 is 20.6 Å². The van der Waals surface area contributed by atoms with E-state index < -0.39 is 0 Å². The topological polar surface area (TPSA) is 79.8 Å². The van der Waals surface area contributed by atoms with E-state index in [0.29, 0.717) is 6.04 Å². The van der Waals surface area contributed by atoms with E-state index in [2.05, 4.69) is 41.6 Å². The van der Waals surface area contributed by atoms with Crippen LogP contribution in [0, 0.1) is 5.92 Å². The molecular formula is C26H37N7O. The fourth-order valence-corrected chi connectivity index (χ4v) is 6.35. The minimum absolute atomic E-state index is 0.243. The number of benzene rings is 1. The van der Waals surface area contributed by atoms with E-state index in [0.717, 1.165) is 60.9 Å². The number of phenolic OH excluding ortho intramolecular Hbond substituents is 1. The van der Waals surface area contributed by atoms with Gasteiger partial charge in [-0.1, -0.05) is 12.1 Å². The van der Waals surface area contributed by atoms with E-state index in [9.17, 15) is 5.11 Å². The minimum Gasteiger partial charge on any atom is -0.507 e. The second kappa shape index (κ2) is 9.68. The number of anilines is 2. The molecule has 0 amide bonds. The lowest BCUT2D eigenvalue weighted by molar-refractivity contribution is 0.0921. The molecular weight excluding hydrogens is 426 g/mol. The number of nitrogens with one attached hydrogen (secondary N) is 2. The van der Waals surface area contributed by atoms with Gasteiger partial charge in [0, 0.05) is 50.9 Å². The first kappa shape index (κ1) is 22.1. The lowest BCUT2D eigenvalue weighted by Gasteiger charge is -2.47. The maximum absolute atomic E-state index is 10.3. The second-order valence-corrected chi connectivity index (χ2v) is 10.4. The summed E-state index contributed by atoms with van der Waals surface area (Å²) in [7, 11) is 0. The fourth-order valence-electron chi connectivity index (χ4n) is 6.35. The van der Waals surface area contributed by atoms with Crippen LogP contribution in [0.2, 0.25) is 0 Å². The Balaban J connectivity index is 1.07. The molecule has 1 aromatic carbocycles. The Morgan fingerprint density at radius 2 is 1.85 bits per heavy atom. The summed E-state index contributed by atoms with van der Waals surface area (Å²) >= 11 is 0. The van der Waals surface area contributed by atoms with Crippen LogP contribution in [0.1, 0.15) is 25.7 Å². The van der Waals surface area contributed by atoms with Gasteiger partial charge in [-0.3, -0.25) is 9.80 Å². The molecule has 8 nitrogen and oxygen atoms in total. The summed E-state index contributed by atoms with van der Waals surface area (Å²) in [5.41, 5.74) is 2.56. The molecule has 0 spiro atoms. The molecule has 3 saturated heterocycles. The number of aromatic hydroxyl groups is 1. The predicted octanol–water partition coefficient (Wildman–Crippen LogP) is 2.23. The van der Waals surface area contributed by atoms with Crippen LogP contribution >= 0.6 is 0 Å². The van der Waals surface area contributed by atoms with E-state index in [4.69, 9.17) is 0 Å². The number of nitrogens with zero attached hydrogens (tertiary/aromatic N) is 5. The van der Waals surface area contributed by atoms with Gasteiger partial charge in [-0.25, -0.2) is 0 Å². The third kappa shape index (κ3) is 4.46. The molecule has 34 heavy (non-hydrogen) atoms. The minimum atomic E-state index is 0.243. The van der Waals surface area contributed by atoms with Crippen LogP contribution in [0.5, 0.6) is 5.75 Å². The molecule has 1 aromatic heterocycles. The zero-order valence-electron chi connectivity index (χ0n) is 20.0. The van der Waals surface area contributed by atoms with Gasteiger partial charge in [0.05, 0.1) is 17.4 Å². The lowest BCUT2D eigenvalue weighted by Crippen LogP contribution is -2.58. The van der Waals surface area contributed by atoms with Gasteiger partial charge in [0.2, 0.25) is 0 Å². The van der Waals surface area contributed by atoms with E-state index in [1.54, 1.807) is 6.07 Å². The number of rotatable bonds is 4. The normalized spacial score (nSPS) is 26.5. The highest BCUT2D eigenvalue weighted by Gasteiger charge is 2.34. The van der Waals surface area contributed by atoms with Crippen molar-refractivity contribution in [1.82, 2.24) is 25.3 Å². The van der Waals surface area contributed by atoms with Crippen LogP contribution in [0.25, 0.3) is 11.3 Å². The van der Waals surface area contributed by atoms with Gasteiger partial charge in [-0.05, 0) is 69.4 Å². The van der Waals surface area contributed by atoms with Crippen molar-refractivity contribution in [3.63, 3.8) is 0 Å². The van der Waals surface area contributed by atoms with Crippen LogP contribution in [0.4, 0.5) is 11.5 Å². The Morgan fingerprint density at radius 3 is 2.68 bits per heavy atom. The van der Waals surface area contributed by atoms with Crippen LogP contribution in [-0.2, 0) is 0 Å². The zero-order valence-corrected chi connectivity index (χ0v) is 20.0. The number of piperidine rings is 2. The number of phenols is 1. The molecule has 3 N–H and O–H groups in total. The van der Waals surface area contributed by atoms with E-state index >= 15 is 0 Å². The first-order valence-electron chi connectivity index (χ1n) is 13.1. The summed E-state index contributed by atoms with van der Waals surface area (Å²) in [5, 5.41) is 26.2. The molecule has 0 saturated carbocycles. The van der Waals surface area contributed by atoms with Crippen LogP contribution in [0.3, 0.4) is 0 Å². The van der Waals surface area contributed by atoms with Crippen molar-refractivity contribution < 1.29 is 5.11 Å². The van der Waals surface area contributed by atoms with Crippen LogP contribution in [0.15, 0.2) is 30.3 Å². The monoisotopic (exact) mass is 463 g/mol. The van der Waals surface area contributed by atoms with Crippen LogP contribution < -0.4 is 15.5 Å². The van der Waals surface area contributed by atoms with Gasteiger partial charge in [0.25, 0.3) is 0 Å². The highest BCUT2D eigenvalue weighted by Crippen LogP contribution is 2.36. The standard InChI is InChI=1S/C26H37N7O/c34-25-6-2-1-5-22(25)23-14-24-26(30-29-23)28-16-21-18-31(12-13-33(21)24)17-19-7-10-32(11-8-19)20-4-3-9-27-15-20/h1-2,5-6,14,19-21,27,34H,3-4,7-13,15-18H2,(H,28,30). The van der Waals surface area contributed by atoms with E-state index in [-0.39, 0.29) is 5.75 Å². The van der Waals surface area contributed by atoms with Crippen molar-refractivity contribution in [1.29, 1.82) is 0 Å². The molecule has 0 bridgehead atoms. The SMILES string of the molecule is Oc1ccccc1-c1cc2c(nn1)NCC1CN(CC3CCN(C4CCCNC4)CC3)CCN21. The van der Waals surface area contributed by atoms with Crippen molar-refractivity contribution in [2.24, 2.45) is 5.92 Å². The molecule has 4 aliphatic heterocycles. The molecule has 8 heteroatoms. The Kier molecular flexibility index (Phi) is 6.28. The van der Waals surface area contributed by atoms with Gasteiger partial charge >= 0.3 is 0 Å². The maximum Gasteiger partial charge on any atom is 0.172 e. The summed E-state index contributed by atoms with van der Waals surface area (Å²) in [5.74, 6) is 1.92. The summed E-state index contributed by atoms with van der Waals surface area (Å²) in [6.07, 6.45) is 5.36. The number of hydrogen-bond acceptors (Lipinski definition) is 8. The summed E-state index contributed by atoms with van der Waals surface area (Å²) in [6.45, 7) is 10.2. The Bertz CT molecular complexity index is 987. The first-order chi connectivity index (χ1) is 16.7. The summed E-state index contributed by atoms with van der Waals surface area (Å²) in [6, 6.07) is 10.6. The molecule has 2 atom stereocenters. The molecule has 6 rings (SSSR count). The van der Waals surface area contributed by atoms with Crippen molar-refractivity contribution in [2.45, 2.75) is 37.8 Å². The third-order valence-corrected chi connectivity index (χ3v) is 8.29. The number of hydrogen-bond donors (Lipinski definition) is 3. The fraction of sp³-hybridized carbons (Fsp3) is 0.615. The molecule has 0 aliphatic carbocycles. The average molecular weight is 464 g/mol. The first-order valence-corrected chi connectivity index (χ1v) is 13.1. The zero-order chi connectivity index (χ0) is 22.9. The van der Waals surface area contributed by atoms with Crippen molar-refractivity contribution in [2.75, 3.05) is 69.1 Å². The van der Waals surface area contributed by atoms with Crippen molar-refractivity contribution in [3.8, 4) is 17.0 Å². The van der Waals surface area contributed by atoms with Gasteiger partial charge in [0.15, 0.2) is 5.82 Å². The average Bonchev–Trinajstić information content (AvgIpc) is 2.89. The number of likely N-dealkylation sites (tertiary alicyclic amines) is 1. The highest BCUT2D eigenvalue weighted by atomic mass is 16.3. The maximum atomic E-state index is 10.3. The Labute approximate surface area is 202 Å². The Hall–Kier alpha value is -2.42. The molecule has 4 aliphatic rings.